The molecule has 4 atom stereocenters. The summed E-state index contributed by atoms with van der Waals surface area (Å²) in [4.78, 5) is 27.7. The molecule has 1 N–H and O–H groups in total. The SMILES string of the molecule is CC(C)(C)OC(=O)N1[C@@H]2CC[C@@H](C2)[C@H]1C(=O)N[C@H](C#N)Cc1ccc(-c2cccc(C#N)c2)cc1. The molecule has 1 saturated carbocycles. The lowest BCUT2D eigenvalue weighted by Gasteiger charge is -2.35. The van der Waals surface area contributed by atoms with Crippen molar-refractivity contribution in [2.75, 3.05) is 0 Å². The molecule has 2 aromatic rings. The number of ether oxygens (including phenoxy) is 1. The molecule has 35 heavy (non-hydrogen) atoms. The second-order valence-corrected chi connectivity index (χ2v) is 10.3. The summed E-state index contributed by atoms with van der Waals surface area (Å²) < 4.78 is 5.57. The Labute approximate surface area is 206 Å². The maximum Gasteiger partial charge on any atom is 0.411 e. The molecule has 2 aromatic carbocycles. The normalized spacial score (nSPS) is 21.6. The topological polar surface area (TPSA) is 106 Å². The maximum absolute atomic E-state index is 13.2. The molecule has 0 aromatic heterocycles. The highest BCUT2D eigenvalue weighted by molar-refractivity contribution is 5.87. The van der Waals surface area contributed by atoms with E-state index >= 15 is 0 Å². The first-order chi connectivity index (χ1) is 16.7. The highest BCUT2D eigenvalue weighted by Crippen LogP contribution is 2.43. The van der Waals surface area contributed by atoms with Crippen LogP contribution in [0.5, 0.6) is 0 Å². The van der Waals surface area contributed by atoms with Gasteiger partial charge in [0.05, 0.1) is 17.7 Å². The summed E-state index contributed by atoms with van der Waals surface area (Å²) in [6.45, 7) is 5.43. The number of fused-ring (bicyclic) bond motifs is 2. The van der Waals surface area contributed by atoms with Crippen molar-refractivity contribution in [2.45, 2.75) is 70.2 Å². The van der Waals surface area contributed by atoms with E-state index in [1.54, 1.807) is 11.0 Å². The number of likely N-dealkylation sites (tertiary alicyclic amines) is 1. The monoisotopic (exact) mass is 470 g/mol. The van der Waals surface area contributed by atoms with E-state index in [2.05, 4.69) is 17.5 Å². The van der Waals surface area contributed by atoms with Crippen LogP contribution in [0.15, 0.2) is 48.5 Å². The first kappa shape index (κ1) is 24.3. The van der Waals surface area contributed by atoms with Crippen LogP contribution in [0, 0.1) is 28.6 Å². The van der Waals surface area contributed by atoms with Gasteiger partial charge in [0.25, 0.3) is 0 Å². The molecule has 0 spiro atoms. The smallest absolute Gasteiger partial charge is 0.411 e. The number of hydrogen-bond acceptors (Lipinski definition) is 5. The fourth-order valence-corrected chi connectivity index (χ4v) is 5.13. The van der Waals surface area contributed by atoms with Crippen molar-refractivity contribution in [2.24, 2.45) is 5.92 Å². The molecule has 1 aliphatic carbocycles. The van der Waals surface area contributed by atoms with Gasteiger partial charge in [-0.1, -0.05) is 36.4 Å². The molecule has 0 unspecified atom stereocenters. The minimum Gasteiger partial charge on any atom is -0.444 e. The molecule has 1 aliphatic heterocycles. The van der Waals surface area contributed by atoms with Crippen molar-refractivity contribution in [3.8, 4) is 23.3 Å². The van der Waals surface area contributed by atoms with E-state index in [-0.39, 0.29) is 17.9 Å². The number of benzene rings is 2. The second-order valence-electron chi connectivity index (χ2n) is 10.3. The van der Waals surface area contributed by atoms with Crippen molar-refractivity contribution in [1.29, 1.82) is 10.5 Å². The molecule has 7 nitrogen and oxygen atoms in total. The number of piperidine rings is 1. The van der Waals surface area contributed by atoms with Gasteiger partial charge in [-0.2, -0.15) is 10.5 Å². The molecule has 2 bridgehead atoms. The molecule has 1 heterocycles. The van der Waals surface area contributed by atoms with Gasteiger partial charge in [-0.25, -0.2) is 4.79 Å². The minimum absolute atomic E-state index is 0.0122. The van der Waals surface area contributed by atoms with Crippen LogP contribution in [0.25, 0.3) is 11.1 Å². The number of carbonyl (C=O) groups excluding carboxylic acids is 2. The number of amides is 2. The van der Waals surface area contributed by atoms with E-state index in [0.717, 1.165) is 36.0 Å². The Morgan fingerprint density at radius 1 is 1.11 bits per heavy atom. The van der Waals surface area contributed by atoms with Crippen LogP contribution in [0.2, 0.25) is 0 Å². The number of nitrogens with one attached hydrogen (secondary N) is 1. The summed E-state index contributed by atoms with van der Waals surface area (Å²) >= 11 is 0. The summed E-state index contributed by atoms with van der Waals surface area (Å²) in [6, 6.07) is 18.2. The average molecular weight is 471 g/mol. The van der Waals surface area contributed by atoms with Crippen molar-refractivity contribution in [3.63, 3.8) is 0 Å². The van der Waals surface area contributed by atoms with Gasteiger partial charge in [0.1, 0.15) is 17.7 Å². The Kier molecular flexibility index (Phi) is 6.80. The van der Waals surface area contributed by atoms with Gasteiger partial charge in [-0.3, -0.25) is 9.69 Å². The number of nitriles is 2. The predicted octanol–water partition coefficient (Wildman–Crippen LogP) is 4.56. The fraction of sp³-hybridized carbons (Fsp3) is 0.429. The number of hydrogen-bond donors (Lipinski definition) is 1. The molecule has 2 aliphatic rings. The van der Waals surface area contributed by atoms with Gasteiger partial charge in [0.15, 0.2) is 0 Å². The summed E-state index contributed by atoms with van der Waals surface area (Å²) in [5.41, 5.74) is 2.78. The van der Waals surface area contributed by atoms with Crippen molar-refractivity contribution in [1.82, 2.24) is 10.2 Å². The summed E-state index contributed by atoms with van der Waals surface area (Å²) in [5.74, 6) is -0.199. The lowest BCUT2D eigenvalue weighted by atomic mass is 9.97. The van der Waals surface area contributed by atoms with Crippen LogP contribution in [-0.2, 0) is 16.0 Å². The zero-order valence-electron chi connectivity index (χ0n) is 20.3. The quantitative estimate of drug-likeness (QED) is 0.689. The van der Waals surface area contributed by atoms with Crippen LogP contribution < -0.4 is 5.32 Å². The van der Waals surface area contributed by atoms with Crippen molar-refractivity contribution < 1.29 is 14.3 Å². The van der Waals surface area contributed by atoms with Crippen molar-refractivity contribution in [3.05, 3.63) is 59.7 Å². The third-order valence-corrected chi connectivity index (χ3v) is 6.65. The predicted molar refractivity (Wildman–Crippen MR) is 131 cm³/mol. The standard InChI is InChI=1S/C28H30N4O3/c1-28(2,3)35-27(34)32-24-12-11-22(15-24)25(32)26(33)31-23(17-30)14-18-7-9-20(10-8-18)21-6-4-5-19(13-21)16-29/h4-10,13,22-25H,11-12,14-15H2,1-3H3,(H,31,33)/t22-,23-,24+,25-/m0/s1. The molecule has 0 radical (unpaired) electrons. The first-order valence-electron chi connectivity index (χ1n) is 12.0. The number of rotatable bonds is 5. The van der Waals surface area contributed by atoms with Crippen LogP contribution in [-0.4, -0.2) is 40.6 Å². The van der Waals surface area contributed by atoms with Crippen molar-refractivity contribution >= 4 is 12.0 Å². The maximum atomic E-state index is 13.2. The third-order valence-electron chi connectivity index (χ3n) is 6.65. The molecule has 7 heteroatoms. The van der Waals surface area contributed by atoms with E-state index in [4.69, 9.17) is 10.00 Å². The molecule has 1 saturated heterocycles. The summed E-state index contributed by atoms with van der Waals surface area (Å²) in [6.07, 6.45) is 2.46. The van der Waals surface area contributed by atoms with Gasteiger partial charge < -0.3 is 10.1 Å². The zero-order valence-corrected chi connectivity index (χ0v) is 20.3. The fourth-order valence-electron chi connectivity index (χ4n) is 5.13. The lowest BCUT2D eigenvalue weighted by Crippen LogP contribution is -2.55. The van der Waals surface area contributed by atoms with Gasteiger partial charge >= 0.3 is 6.09 Å². The van der Waals surface area contributed by atoms with E-state index < -0.39 is 23.8 Å². The van der Waals surface area contributed by atoms with Crippen LogP contribution in [0.3, 0.4) is 0 Å². The van der Waals surface area contributed by atoms with Gasteiger partial charge in [-0.05, 0) is 74.8 Å². The van der Waals surface area contributed by atoms with E-state index in [1.165, 1.54) is 0 Å². The Bertz CT molecular complexity index is 1190. The Morgan fingerprint density at radius 3 is 2.51 bits per heavy atom. The second kappa shape index (κ2) is 9.80. The lowest BCUT2D eigenvalue weighted by molar-refractivity contribution is -0.128. The molecular formula is C28H30N4O3. The molecule has 2 fully saturated rings. The first-order valence-corrected chi connectivity index (χ1v) is 12.0. The Morgan fingerprint density at radius 2 is 1.86 bits per heavy atom. The molecule has 2 amide bonds. The Hall–Kier alpha value is -3.84. The van der Waals surface area contributed by atoms with E-state index in [0.29, 0.717) is 12.0 Å². The summed E-state index contributed by atoms with van der Waals surface area (Å²) in [5, 5.41) is 21.7. The zero-order chi connectivity index (χ0) is 25.2. The van der Waals surface area contributed by atoms with Gasteiger partial charge in [0.2, 0.25) is 5.91 Å². The highest BCUT2D eigenvalue weighted by Gasteiger charge is 2.52. The van der Waals surface area contributed by atoms with E-state index in [1.807, 2.05) is 63.2 Å². The van der Waals surface area contributed by atoms with Crippen LogP contribution in [0.4, 0.5) is 4.79 Å². The minimum atomic E-state index is -0.713. The van der Waals surface area contributed by atoms with Gasteiger partial charge in [0, 0.05) is 12.5 Å². The Balaban J connectivity index is 1.42. The molecule has 4 rings (SSSR count). The number of carbonyl (C=O) groups is 2. The van der Waals surface area contributed by atoms with E-state index in [9.17, 15) is 14.9 Å². The molecular weight excluding hydrogens is 440 g/mol. The van der Waals surface area contributed by atoms with Gasteiger partial charge in [-0.15, -0.1) is 0 Å². The largest absolute Gasteiger partial charge is 0.444 e. The summed E-state index contributed by atoms with van der Waals surface area (Å²) in [7, 11) is 0. The average Bonchev–Trinajstić information content (AvgIpc) is 3.45. The third kappa shape index (κ3) is 5.46. The molecule has 180 valence electrons. The highest BCUT2D eigenvalue weighted by atomic mass is 16.6. The van der Waals surface area contributed by atoms with Crippen LogP contribution >= 0.6 is 0 Å². The van der Waals surface area contributed by atoms with Crippen LogP contribution in [0.1, 0.15) is 51.2 Å². The number of nitrogens with zero attached hydrogens (tertiary/aromatic N) is 3.